The molecule has 78 heavy (non-hydrogen) atoms. The van der Waals surface area contributed by atoms with Crippen molar-refractivity contribution in [3.05, 3.63) is 71.4 Å². The van der Waals surface area contributed by atoms with E-state index in [2.05, 4.69) is 48.3 Å². The number of aromatic nitrogens is 2. The first kappa shape index (κ1) is 70.8. The van der Waals surface area contributed by atoms with Crippen LogP contribution in [0.1, 0.15) is 220 Å². The Kier molecular flexibility index (Phi) is 39.4. The molecule has 3 unspecified atom stereocenters. The maximum atomic E-state index is 12.9. The predicted molar refractivity (Wildman–Crippen MR) is 304 cm³/mol. The first-order valence-electron chi connectivity index (χ1n) is 29.1. The number of hydrogen-bond acceptors (Lipinski definition) is 16. The van der Waals surface area contributed by atoms with Crippen molar-refractivity contribution in [1.29, 1.82) is 0 Å². The minimum absolute atomic E-state index is 0.0325. The molecule has 2 heterocycles. The molecule has 448 valence electrons. The van der Waals surface area contributed by atoms with Gasteiger partial charge in [0.05, 0.1) is 19.3 Å². The minimum atomic E-state index is -5.45. The van der Waals surface area contributed by atoms with E-state index in [4.69, 9.17) is 29.0 Å². The third-order valence-corrected chi connectivity index (χ3v) is 16.1. The first-order valence-corrected chi connectivity index (χ1v) is 32.1. The van der Waals surface area contributed by atoms with E-state index in [0.717, 1.165) is 80.9 Å². The molecule has 0 spiro atoms. The van der Waals surface area contributed by atoms with Crippen molar-refractivity contribution >= 4 is 33.4 Å². The molecule has 1 aliphatic heterocycles. The van der Waals surface area contributed by atoms with E-state index < -0.39 is 83.7 Å². The summed E-state index contributed by atoms with van der Waals surface area (Å²) in [7, 11) is -10.9. The van der Waals surface area contributed by atoms with Crippen molar-refractivity contribution in [2.24, 2.45) is 5.92 Å². The van der Waals surface area contributed by atoms with E-state index in [9.17, 15) is 48.6 Å². The molecule has 7 N–H and O–H groups in total. The van der Waals surface area contributed by atoms with Gasteiger partial charge in [0.1, 0.15) is 30.7 Å². The number of allylic oxidation sites excluding steroid dienone is 7. The maximum absolute atomic E-state index is 12.9. The number of carbonyl (C=O) groups is 2. The van der Waals surface area contributed by atoms with E-state index in [0.29, 0.717) is 19.3 Å². The number of nitrogen functional groups attached to an aromatic ring is 1. The number of rotatable bonds is 48. The van der Waals surface area contributed by atoms with Crippen LogP contribution < -0.4 is 11.4 Å². The van der Waals surface area contributed by atoms with Crippen molar-refractivity contribution in [3.8, 4) is 0 Å². The van der Waals surface area contributed by atoms with Gasteiger partial charge in [-0.05, 0) is 56.9 Å². The molecule has 0 saturated carbocycles. The average Bonchev–Trinajstić information content (AvgIpc) is 3.68. The highest BCUT2D eigenvalue weighted by molar-refractivity contribution is 7.61. The van der Waals surface area contributed by atoms with Crippen LogP contribution in [0.2, 0.25) is 0 Å². The number of carbonyl (C=O) groups excluding carboxylic acids is 2. The van der Waals surface area contributed by atoms with Crippen LogP contribution in [0.25, 0.3) is 0 Å². The van der Waals surface area contributed by atoms with Crippen LogP contribution in [-0.4, -0.2) is 96.9 Å². The van der Waals surface area contributed by atoms with Gasteiger partial charge >= 0.3 is 33.3 Å². The molecular formula is C57H99N3O16P2. The molecule has 0 aromatic carbocycles. The van der Waals surface area contributed by atoms with E-state index in [-0.39, 0.29) is 24.8 Å². The third kappa shape index (κ3) is 35.4. The molecule has 1 aromatic heterocycles. The molecule has 21 heteroatoms. The Morgan fingerprint density at radius 1 is 0.705 bits per heavy atom. The number of unbranched alkanes of at least 4 members (excludes halogenated alkanes) is 19. The Balaban J connectivity index is 1.77. The second kappa shape index (κ2) is 43.4. The summed E-state index contributed by atoms with van der Waals surface area (Å²) in [5, 5.41) is 30.8. The van der Waals surface area contributed by atoms with Crippen molar-refractivity contribution < 1.29 is 71.4 Å². The SMILES string of the molecule is CCCC[C@H](O)/C=C\C/C=C\C/C=C\C/C=C\CCCC(=O)OC[C@H](COP(=O)(O)OP(=O)(O)OC[C@H]1O[C@@H](n2ccc(N)nc2=O)[C@H](O)[C@@H]1O)OC(=O)CCCCCCCCCCCCCCCCCCCCC(C)CC. The van der Waals surface area contributed by atoms with Crippen LogP contribution in [-0.2, 0) is 46.3 Å². The highest BCUT2D eigenvalue weighted by Crippen LogP contribution is 2.60. The van der Waals surface area contributed by atoms with Crippen LogP contribution in [0.3, 0.4) is 0 Å². The zero-order chi connectivity index (χ0) is 57.3. The molecule has 1 fully saturated rings. The Morgan fingerprint density at radius 2 is 1.23 bits per heavy atom. The predicted octanol–water partition coefficient (Wildman–Crippen LogP) is 12.1. The number of esters is 2. The van der Waals surface area contributed by atoms with Gasteiger partial charge in [-0.3, -0.25) is 23.2 Å². The second-order valence-electron chi connectivity index (χ2n) is 20.6. The highest BCUT2D eigenvalue weighted by atomic mass is 31.3. The fourth-order valence-corrected chi connectivity index (χ4v) is 10.7. The van der Waals surface area contributed by atoms with Crippen LogP contribution >= 0.6 is 15.6 Å². The van der Waals surface area contributed by atoms with Crippen molar-refractivity contribution in [3.63, 3.8) is 0 Å². The van der Waals surface area contributed by atoms with E-state index in [1.807, 2.05) is 30.4 Å². The van der Waals surface area contributed by atoms with Crippen molar-refractivity contribution in [2.45, 2.75) is 250 Å². The quantitative estimate of drug-likeness (QED) is 0.0153. The number of ether oxygens (including phenoxy) is 3. The third-order valence-electron chi connectivity index (χ3n) is 13.5. The van der Waals surface area contributed by atoms with Crippen LogP contribution in [0, 0.1) is 5.92 Å². The van der Waals surface area contributed by atoms with Gasteiger partial charge in [0, 0.05) is 19.0 Å². The van der Waals surface area contributed by atoms with Gasteiger partial charge in [0.2, 0.25) is 0 Å². The summed E-state index contributed by atoms with van der Waals surface area (Å²) >= 11 is 0. The minimum Gasteiger partial charge on any atom is -0.462 e. The Hall–Kier alpha value is -3.32. The molecule has 0 bridgehead atoms. The topological polar surface area (TPSA) is 286 Å². The number of phosphoric acid groups is 2. The van der Waals surface area contributed by atoms with Crippen molar-refractivity contribution in [2.75, 3.05) is 25.6 Å². The second-order valence-corrected chi connectivity index (χ2v) is 23.6. The lowest BCUT2D eigenvalue weighted by molar-refractivity contribution is -0.161. The van der Waals surface area contributed by atoms with Crippen LogP contribution in [0.5, 0.6) is 0 Å². The lowest BCUT2D eigenvalue weighted by Gasteiger charge is -2.21. The molecule has 19 nitrogen and oxygen atoms in total. The number of hydrogen-bond donors (Lipinski definition) is 6. The standard InChI is InChI=1S/C57H99N3O16P2/c1-4-6-38-48(61)39-34-30-26-22-18-15-16-19-23-27-31-35-40-52(62)71-44-49(74-53(63)41-36-32-28-24-20-14-12-10-8-7-9-11-13-17-21-25-29-33-37-47(3)5-2)45-72-77(67,68)76-78(69,70)73-46-50-54(64)55(65)56(75-50)60-43-42-51(58)59-57(60)66/h15-16,22-23,26-27,34,39,42-43,47-50,54-56,61,64-65H,4-14,17-21,24-25,28-33,35-38,40-41,44-46H2,1-3H3,(H,67,68)(H,69,70)(H2,58,59,66)/b16-15-,26-22-,27-23-,39-34-/t47?,48-,49+,50+,54+,55+,56+/m0/s1. The summed E-state index contributed by atoms with van der Waals surface area (Å²) < 4.78 is 56.9. The van der Waals surface area contributed by atoms with Gasteiger partial charge in [-0.15, -0.1) is 0 Å². The fraction of sp³-hybridized carbons (Fsp3) is 0.754. The molecule has 1 aromatic rings. The van der Waals surface area contributed by atoms with E-state index in [1.54, 1.807) is 0 Å². The summed E-state index contributed by atoms with van der Waals surface area (Å²) in [4.78, 5) is 62.1. The number of aliphatic hydroxyl groups is 3. The summed E-state index contributed by atoms with van der Waals surface area (Å²) in [6.45, 7) is 4.35. The Labute approximate surface area is 465 Å². The van der Waals surface area contributed by atoms with Crippen LogP contribution in [0.15, 0.2) is 65.7 Å². The van der Waals surface area contributed by atoms with Gasteiger partial charge in [-0.25, -0.2) is 13.9 Å². The lowest BCUT2D eigenvalue weighted by Crippen LogP contribution is -2.36. The van der Waals surface area contributed by atoms with Gasteiger partial charge in [-0.1, -0.05) is 204 Å². The van der Waals surface area contributed by atoms with E-state index >= 15 is 0 Å². The Bertz CT molecular complexity index is 2030. The first-order chi connectivity index (χ1) is 37.5. The highest BCUT2D eigenvalue weighted by Gasteiger charge is 2.46. The molecule has 0 aliphatic carbocycles. The van der Waals surface area contributed by atoms with Gasteiger partial charge in [-0.2, -0.15) is 9.29 Å². The Morgan fingerprint density at radius 3 is 1.79 bits per heavy atom. The zero-order valence-electron chi connectivity index (χ0n) is 47.2. The molecular weight excluding hydrogens is 1040 g/mol. The number of nitrogens with two attached hydrogens (primary N) is 1. The average molecular weight is 1140 g/mol. The summed E-state index contributed by atoms with van der Waals surface area (Å²) in [6.07, 6.45) is 39.5. The maximum Gasteiger partial charge on any atom is 0.481 e. The van der Waals surface area contributed by atoms with Gasteiger partial charge in [0.15, 0.2) is 12.3 Å². The summed E-state index contributed by atoms with van der Waals surface area (Å²) in [5.41, 5.74) is 4.59. The van der Waals surface area contributed by atoms with Crippen LogP contribution in [0.4, 0.5) is 5.82 Å². The lowest BCUT2D eigenvalue weighted by atomic mass is 9.99. The monoisotopic (exact) mass is 1140 g/mol. The smallest absolute Gasteiger partial charge is 0.462 e. The fourth-order valence-electron chi connectivity index (χ4n) is 8.60. The van der Waals surface area contributed by atoms with Gasteiger partial charge < -0.3 is 45.1 Å². The number of phosphoric ester groups is 2. The van der Waals surface area contributed by atoms with E-state index in [1.165, 1.54) is 102 Å². The molecule has 9 atom stereocenters. The molecule has 1 saturated heterocycles. The summed E-state index contributed by atoms with van der Waals surface area (Å²) in [6, 6.07) is 1.24. The number of anilines is 1. The molecule has 1 aliphatic rings. The number of aliphatic hydroxyl groups excluding tert-OH is 3. The van der Waals surface area contributed by atoms with Gasteiger partial charge in [0.25, 0.3) is 0 Å². The van der Waals surface area contributed by atoms with Crippen molar-refractivity contribution in [1.82, 2.24) is 9.55 Å². The number of nitrogens with zero attached hydrogens (tertiary/aromatic N) is 2. The molecule has 0 amide bonds. The zero-order valence-corrected chi connectivity index (χ0v) is 49.0. The largest absolute Gasteiger partial charge is 0.481 e. The molecule has 2 rings (SSSR count). The normalized spacial score (nSPS) is 19.7. The molecule has 0 radical (unpaired) electrons. The summed E-state index contributed by atoms with van der Waals surface area (Å²) in [5.74, 6) is -0.514.